The Balaban J connectivity index is 3.36. The van der Waals surface area contributed by atoms with Gasteiger partial charge in [0.25, 0.3) is 0 Å². The Bertz CT molecular complexity index is 340. The molecule has 0 fully saturated rings. The van der Waals surface area contributed by atoms with Crippen LogP contribution in [0.25, 0.3) is 0 Å². The lowest BCUT2D eigenvalue weighted by atomic mass is 10.2. The second-order valence-corrected chi connectivity index (χ2v) is 9.19. The van der Waals surface area contributed by atoms with E-state index < -0.39 is 4.32 Å². The molecule has 0 saturated heterocycles. The third-order valence-electron chi connectivity index (χ3n) is 1.99. The van der Waals surface area contributed by atoms with E-state index in [1.165, 1.54) is 0 Å². The molecule has 0 unspecified atom stereocenters. The monoisotopic (exact) mass is 384 g/mol. The number of rotatable bonds is 11. The van der Waals surface area contributed by atoms with Gasteiger partial charge in [0.2, 0.25) is 0 Å². The fourth-order valence-corrected chi connectivity index (χ4v) is 2.64. The maximum absolute atomic E-state index is 11.4. The summed E-state index contributed by atoms with van der Waals surface area (Å²) in [6, 6.07) is 0. The van der Waals surface area contributed by atoms with Crippen molar-refractivity contribution >= 4 is 49.3 Å². The van der Waals surface area contributed by atoms with Crippen LogP contribution in [0, 0.1) is 0 Å². The van der Waals surface area contributed by atoms with Gasteiger partial charge in [-0.05, 0) is 26.3 Å². The number of halogens is 1. The molecule has 0 amide bonds. The molecule has 0 aromatic heterocycles. The van der Waals surface area contributed by atoms with Gasteiger partial charge in [0.15, 0.2) is 5.78 Å². The second kappa shape index (κ2) is 10.7. The molecule has 0 aromatic carbocycles. The predicted molar refractivity (Wildman–Crippen MR) is 89.5 cm³/mol. The quantitative estimate of drug-likeness (QED) is 0.179. The fourth-order valence-electron chi connectivity index (χ4n) is 0.839. The van der Waals surface area contributed by atoms with Crippen LogP contribution in [0.4, 0.5) is 0 Å². The van der Waals surface area contributed by atoms with Crippen LogP contribution in [0.3, 0.4) is 0 Å². The third kappa shape index (κ3) is 10.8. The highest BCUT2D eigenvalue weighted by Gasteiger charge is 2.24. The molecule has 0 saturated carbocycles. The fraction of sp³-hybridized carbons (Fsp3) is 0.692. The van der Waals surface area contributed by atoms with E-state index in [2.05, 4.69) is 22.5 Å². The average molecular weight is 385 g/mol. The van der Waals surface area contributed by atoms with E-state index >= 15 is 0 Å². The molecule has 0 rings (SSSR count). The number of ketones is 1. The lowest BCUT2D eigenvalue weighted by molar-refractivity contribution is -0.144. The van der Waals surface area contributed by atoms with Crippen molar-refractivity contribution in [1.29, 1.82) is 0 Å². The zero-order valence-electron chi connectivity index (χ0n) is 12.1. The predicted octanol–water partition coefficient (Wildman–Crippen LogP) is 3.25. The van der Waals surface area contributed by atoms with E-state index in [1.807, 2.05) is 0 Å². The van der Waals surface area contributed by atoms with Crippen LogP contribution in [0.5, 0.6) is 0 Å². The molecule has 0 heterocycles. The van der Waals surface area contributed by atoms with Gasteiger partial charge in [0, 0.05) is 11.5 Å². The molecule has 7 heteroatoms. The van der Waals surface area contributed by atoms with Crippen LogP contribution < -0.4 is 0 Å². The molecule has 0 radical (unpaired) electrons. The van der Waals surface area contributed by atoms with Crippen LogP contribution >= 0.6 is 37.5 Å². The molecular weight excluding hydrogens is 364 g/mol. The molecule has 0 aromatic rings. The Kier molecular flexibility index (Phi) is 10.7. The first-order valence-corrected chi connectivity index (χ1v) is 9.40. The number of ether oxygens (including phenoxy) is 2. The minimum atomic E-state index is -0.630. The number of carbonyl (C=O) groups is 2. The normalized spacial score (nSPS) is 11.2. The number of hydrogen-bond donors (Lipinski definition) is 0. The van der Waals surface area contributed by atoms with Gasteiger partial charge in [-0.1, -0.05) is 44.1 Å². The molecule has 20 heavy (non-hydrogen) atoms. The first-order chi connectivity index (χ1) is 9.25. The molecule has 0 bridgehead atoms. The summed E-state index contributed by atoms with van der Waals surface area (Å²) in [5, 5.41) is 0. The molecule has 0 aliphatic carbocycles. The molecule has 4 nitrogen and oxygen atoms in total. The van der Waals surface area contributed by atoms with Crippen LogP contribution in [0.1, 0.15) is 20.8 Å². The Morgan fingerprint density at radius 3 is 2.25 bits per heavy atom. The highest BCUT2D eigenvalue weighted by atomic mass is 79.9. The summed E-state index contributed by atoms with van der Waals surface area (Å²) >= 11 is 3.24. The minimum absolute atomic E-state index is 0.0630. The topological polar surface area (TPSA) is 52.6 Å². The number of esters is 1. The van der Waals surface area contributed by atoms with E-state index in [1.54, 1.807) is 42.4 Å². The van der Waals surface area contributed by atoms with Crippen LogP contribution in [0.2, 0.25) is 0 Å². The zero-order valence-corrected chi connectivity index (χ0v) is 15.3. The van der Waals surface area contributed by atoms with E-state index in [9.17, 15) is 9.59 Å². The second-order valence-electron chi connectivity index (χ2n) is 4.51. The molecular formula is C13H21BrO4S2. The number of carbonyl (C=O) groups excluding carboxylic acids is 2. The van der Waals surface area contributed by atoms with Crippen molar-refractivity contribution in [2.24, 2.45) is 0 Å². The SMILES string of the molecule is C=C(C)C(=O)COCCSSCCOC(=O)C(C)(C)Br. The highest BCUT2D eigenvalue weighted by molar-refractivity contribution is 9.10. The van der Waals surface area contributed by atoms with Gasteiger partial charge < -0.3 is 9.47 Å². The van der Waals surface area contributed by atoms with E-state index in [-0.39, 0.29) is 18.4 Å². The summed E-state index contributed by atoms with van der Waals surface area (Å²) in [5.41, 5.74) is 0.517. The maximum atomic E-state index is 11.4. The third-order valence-corrected chi connectivity index (χ3v) is 4.65. The lowest BCUT2D eigenvalue weighted by Crippen LogP contribution is -2.27. The number of alkyl halides is 1. The summed E-state index contributed by atoms with van der Waals surface area (Å²) in [7, 11) is 3.24. The molecule has 116 valence electrons. The summed E-state index contributed by atoms with van der Waals surface area (Å²) < 4.78 is 9.67. The summed E-state index contributed by atoms with van der Waals surface area (Å²) in [4.78, 5) is 22.6. The van der Waals surface area contributed by atoms with Crippen LogP contribution in [0.15, 0.2) is 12.2 Å². The van der Waals surface area contributed by atoms with Gasteiger partial charge in [-0.3, -0.25) is 9.59 Å². The van der Waals surface area contributed by atoms with Gasteiger partial charge in [-0.15, -0.1) is 0 Å². The minimum Gasteiger partial charge on any atom is -0.464 e. The van der Waals surface area contributed by atoms with Crippen molar-refractivity contribution in [3.05, 3.63) is 12.2 Å². The molecule has 0 N–H and O–H groups in total. The van der Waals surface area contributed by atoms with Gasteiger partial charge in [0.1, 0.15) is 17.5 Å². The maximum Gasteiger partial charge on any atom is 0.322 e. The van der Waals surface area contributed by atoms with Gasteiger partial charge in [-0.25, -0.2) is 0 Å². The first kappa shape index (κ1) is 20.0. The van der Waals surface area contributed by atoms with Crippen LogP contribution in [-0.4, -0.2) is 47.4 Å². The van der Waals surface area contributed by atoms with Crippen LogP contribution in [-0.2, 0) is 19.1 Å². The first-order valence-electron chi connectivity index (χ1n) is 6.12. The van der Waals surface area contributed by atoms with Crippen molar-refractivity contribution in [1.82, 2.24) is 0 Å². The van der Waals surface area contributed by atoms with Crippen molar-refractivity contribution in [3.8, 4) is 0 Å². The summed E-state index contributed by atoms with van der Waals surface area (Å²) in [6.45, 7) is 9.73. The van der Waals surface area contributed by atoms with Crippen molar-refractivity contribution in [2.75, 3.05) is 31.3 Å². The Morgan fingerprint density at radius 1 is 1.20 bits per heavy atom. The standard InChI is InChI=1S/C13H21BrO4S2/c1-10(2)11(15)9-17-5-7-19-20-8-6-18-12(16)13(3,4)14/h1,5-9H2,2-4H3. The van der Waals surface area contributed by atoms with E-state index in [0.717, 1.165) is 11.5 Å². The van der Waals surface area contributed by atoms with Crippen molar-refractivity contribution in [3.63, 3.8) is 0 Å². The number of Topliss-reactive ketones (excluding diaryl/α,β-unsaturated/α-hetero) is 1. The Hall–Kier alpha value is 0.0200. The number of hydrogen-bond acceptors (Lipinski definition) is 6. The van der Waals surface area contributed by atoms with E-state index in [0.29, 0.717) is 18.8 Å². The Morgan fingerprint density at radius 2 is 1.75 bits per heavy atom. The summed E-state index contributed by atoms with van der Waals surface area (Å²) in [6.07, 6.45) is 0. The van der Waals surface area contributed by atoms with Gasteiger partial charge in [-0.2, -0.15) is 0 Å². The summed E-state index contributed by atoms with van der Waals surface area (Å²) in [5.74, 6) is 1.19. The average Bonchev–Trinajstić information content (AvgIpc) is 2.34. The van der Waals surface area contributed by atoms with Crippen molar-refractivity contribution < 1.29 is 19.1 Å². The smallest absolute Gasteiger partial charge is 0.322 e. The lowest BCUT2D eigenvalue weighted by Gasteiger charge is -2.14. The van der Waals surface area contributed by atoms with Gasteiger partial charge >= 0.3 is 5.97 Å². The Labute approximate surface area is 136 Å². The largest absolute Gasteiger partial charge is 0.464 e. The molecule has 0 aliphatic rings. The van der Waals surface area contributed by atoms with Gasteiger partial charge in [0.05, 0.1) is 6.61 Å². The molecule has 0 atom stereocenters. The molecule has 0 aliphatic heterocycles. The molecule has 0 spiro atoms. The zero-order chi connectivity index (χ0) is 15.6. The van der Waals surface area contributed by atoms with E-state index in [4.69, 9.17) is 9.47 Å². The highest BCUT2D eigenvalue weighted by Crippen LogP contribution is 2.21. The van der Waals surface area contributed by atoms with Crippen molar-refractivity contribution in [2.45, 2.75) is 25.1 Å².